The monoisotopic (exact) mass is 362 g/mol. The number of aliphatic hydroxyl groups is 2. The highest BCUT2D eigenvalue weighted by atomic mass is 19.4. The van der Waals surface area contributed by atoms with Crippen LogP contribution in [0.1, 0.15) is 30.0 Å². The minimum absolute atomic E-state index is 0.205. The molecule has 4 N–H and O–H groups in total. The Kier molecular flexibility index (Phi) is 6.26. The largest absolute Gasteiger partial charge is 0.416 e. The van der Waals surface area contributed by atoms with E-state index in [2.05, 4.69) is 10.6 Å². The van der Waals surface area contributed by atoms with Gasteiger partial charge in [-0.25, -0.2) is 4.79 Å². The molecule has 2 amide bonds. The van der Waals surface area contributed by atoms with Crippen molar-refractivity contribution in [2.45, 2.75) is 30.7 Å². The van der Waals surface area contributed by atoms with Gasteiger partial charge in [0, 0.05) is 19.6 Å². The molecule has 0 aliphatic carbocycles. The van der Waals surface area contributed by atoms with Gasteiger partial charge in [0.05, 0.1) is 30.4 Å². The Morgan fingerprint density at radius 2 is 2.00 bits per heavy atom. The van der Waals surface area contributed by atoms with Gasteiger partial charge in [-0.05, 0) is 24.1 Å². The molecule has 0 radical (unpaired) electrons. The molecule has 1 aliphatic heterocycles. The number of alkyl halides is 3. The average molecular weight is 362 g/mol. The number of rotatable bonds is 6. The second kappa shape index (κ2) is 8.03. The summed E-state index contributed by atoms with van der Waals surface area (Å²) in [5, 5.41) is 24.5. The van der Waals surface area contributed by atoms with Crippen molar-refractivity contribution < 1.29 is 32.9 Å². The summed E-state index contributed by atoms with van der Waals surface area (Å²) in [6, 6.07) is 2.80. The molecule has 0 saturated carbocycles. The molecule has 2 atom stereocenters. The van der Waals surface area contributed by atoms with Gasteiger partial charge in [-0.3, -0.25) is 0 Å². The molecule has 1 aromatic carbocycles. The van der Waals surface area contributed by atoms with Gasteiger partial charge in [-0.15, -0.1) is 0 Å². The molecule has 1 aliphatic rings. The van der Waals surface area contributed by atoms with E-state index in [-0.39, 0.29) is 13.2 Å². The van der Waals surface area contributed by atoms with Crippen LogP contribution in [0, 0.1) is 0 Å². The first-order valence-electron chi connectivity index (χ1n) is 7.86. The van der Waals surface area contributed by atoms with Crippen LogP contribution in [0.2, 0.25) is 0 Å². The fourth-order valence-electron chi connectivity index (χ4n) is 2.55. The highest BCUT2D eigenvalue weighted by Gasteiger charge is 2.32. The van der Waals surface area contributed by atoms with Crippen LogP contribution in [-0.4, -0.2) is 48.2 Å². The van der Waals surface area contributed by atoms with Crippen LogP contribution >= 0.6 is 0 Å². The smallest absolute Gasteiger partial charge is 0.394 e. The van der Waals surface area contributed by atoms with E-state index in [0.717, 1.165) is 12.1 Å². The van der Waals surface area contributed by atoms with Crippen LogP contribution < -0.4 is 10.6 Å². The van der Waals surface area contributed by atoms with E-state index in [4.69, 9.17) is 4.74 Å². The maximum Gasteiger partial charge on any atom is 0.416 e. The van der Waals surface area contributed by atoms with Crippen molar-refractivity contribution in [3.05, 3.63) is 35.4 Å². The number of halogens is 3. The quantitative estimate of drug-likeness (QED) is 0.618. The van der Waals surface area contributed by atoms with E-state index in [9.17, 15) is 28.2 Å². The van der Waals surface area contributed by atoms with Crippen molar-refractivity contribution in [3.63, 3.8) is 0 Å². The van der Waals surface area contributed by atoms with Gasteiger partial charge in [0.15, 0.2) is 0 Å². The topological polar surface area (TPSA) is 90.8 Å². The Labute approximate surface area is 143 Å². The summed E-state index contributed by atoms with van der Waals surface area (Å²) in [4.78, 5) is 11.9. The molecule has 1 saturated heterocycles. The zero-order valence-corrected chi connectivity index (χ0v) is 13.5. The molecular weight excluding hydrogens is 341 g/mol. The number of carbonyl (C=O) groups is 1. The standard InChI is InChI=1S/C16H21F3N2O4/c17-16(18,19)12-3-1-11(2-4-12)13(9-22)21-14(23)20-7-5-15(24)6-8-25-10-15/h1-4,13,22,24H,5-10H2,(H2,20,21,23). The molecule has 1 heterocycles. The second-order valence-electron chi connectivity index (χ2n) is 6.03. The lowest BCUT2D eigenvalue weighted by molar-refractivity contribution is -0.137. The first-order valence-corrected chi connectivity index (χ1v) is 7.86. The lowest BCUT2D eigenvalue weighted by atomic mass is 9.99. The predicted molar refractivity (Wildman–Crippen MR) is 82.8 cm³/mol. The molecule has 9 heteroatoms. The number of nitrogens with one attached hydrogen (secondary N) is 2. The van der Waals surface area contributed by atoms with Crippen molar-refractivity contribution in [3.8, 4) is 0 Å². The Morgan fingerprint density at radius 3 is 2.52 bits per heavy atom. The van der Waals surface area contributed by atoms with Gasteiger partial charge in [0.1, 0.15) is 0 Å². The van der Waals surface area contributed by atoms with E-state index in [1.807, 2.05) is 0 Å². The summed E-state index contributed by atoms with van der Waals surface area (Å²) in [5.74, 6) is 0. The molecule has 2 rings (SSSR count). The number of hydrogen-bond acceptors (Lipinski definition) is 4. The normalized spacial score (nSPS) is 21.8. The zero-order valence-electron chi connectivity index (χ0n) is 13.5. The van der Waals surface area contributed by atoms with Crippen LogP contribution in [0.4, 0.5) is 18.0 Å². The molecule has 1 aromatic rings. The molecular formula is C16H21F3N2O4. The third-order valence-corrected chi connectivity index (χ3v) is 4.09. The van der Waals surface area contributed by atoms with Gasteiger partial charge in [-0.1, -0.05) is 12.1 Å². The number of carbonyl (C=O) groups excluding carboxylic acids is 1. The SMILES string of the molecule is O=C(NCCC1(O)CCOC1)NC(CO)c1ccc(C(F)(F)F)cc1. The summed E-state index contributed by atoms with van der Waals surface area (Å²) in [5.41, 5.74) is -1.39. The number of hydrogen-bond donors (Lipinski definition) is 4. The first kappa shape index (κ1) is 19.5. The summed E-state index contributed by atoms with van der Waals surface area (Å²) >= 11 is 0. The third-order valence-electron chi connectivity index (χ3n) is 4.09. The second-order valence-corrected chi connectivity index (χ2v) is 6.03. The maximum absolute atomic E-state index is 12.6. The Hall–Kier alpha value is -1.84. The average Bonchev–Trinajstić information content (AvgIpc) is 2.98. The van der Waals surface area contributed by atoms with E-state index in [1.165, 1.54) is 12.1 Å². The van der Waals surface area contributed by atoms with Crippen LogP contribution in [0.25, 0.3) is 0 Å². The van der Waals surface area contributed by atoms with Crippen LogP contribution in [-0.2, 0) is 10.9 Å². The van der Waals surface area contributed by atoms with Crippen LogP contribution in [0.5, 0.6) is 0 Å². The molecule has 1 fully saturated rings. The minimum Gasteiger partial charge on any atom is -0.394 e. The lowest BCUT2D eigenvalue weighted by Crippen LogP contribution is -2.42. The third kappa shape index (κ3) is 5.58. The Morgan fingerprint density at radius 1 is 1.32 bits per heavy atom. The van der Waals surface area contributed by atoms with Crippen molar-refractivity contribution >= 4 is 6.03 Å². The lowest BCUT2D eigenvalue weighted by Gasteiger charge is -2.21. The zero-order chi connectivity index (χ0) is 18.5. The van der Waals surface area contributed by atoms with Crippen molar-refractivity contribution in [1.29, 1.82) is 0 Å². The molecule has 6 nitrogen and oxygen atoms in total. The van der Waals surface area contributed by atoms with Crippen molar-refractivity contribution in [2.24, 2.45) is 0 Å². The summed E-state index contributed by atoms with van der Waals surface area (Å²) in [6.45, 7) is 0.442. The molecule has 0 bridgehead atoms. The molecule has 0 aromatic heterocycles. The van der Waals surface area contributed by atoms with Crippen molar-refractivity contribution in [2.75, 3.05) is 26.4 Å². The number of amides is 2. The molecule has 2 unspecified atom stereocenters. The summed E-state index contributed by atoms with van der Waals surface area (Å²) in [7, 11) is 0. The highest BCUT2D eigenvalue weighted by Crippen LogP contribution is 2.29. The maximum atomic E-state index is 12.6. The van der Waals surface area contributed by atoms with Crippen LogP contribution in [0.15, 0.2) is 24.3 Å². The van der Waals surface area contributed by atoms with E-state index in [1.54, 1.807) is 0 Å². The number of benzene rings is 1. The van der Waals surface area contributed by atoms with Gasteiger partial charge >= 0.3 is 12.2 Å². The predicted octanol–water partition coefficient (Wildman–Crippen LogP) is 1.58. The van der Waals surface area contributed by atoms with Gasteiger partial charge < -0.3 is 25.6 Å². The minimum atomic E-state index is -4.44. The number of urea groups is 1. The van der Waals surface area contributed by atoms with E-state index < -0.39 is 36.0 Å². The number of aliphatic hydroxyl groups excluding tert-OH is 1. The van der Waals surface area contributed by atoms with Gasteiger partial charge in [-0.2, -0.15) is 13.2 Å². The molecule has 0 spiro atoms. The first-order chi connectivity index (χ1) is 11.7. The highest BCUT2D eigenvalue weighted by molar-refractivity contribution is 5.74. The van der Waals surface area contributed by atoms with Crippen LogP contribution in [0.3, 0.4) is 0 Å². The molecule has 25 heavy (non-hydrogen) atoms. The van der Waals surface area contributed by atoms with E-state index in [0.29, 0.717) is 25.0 Å². The van der Waals surface area contributed by atoms with Gasteiger partial charge in [0.25, 0.3) is 0 Å². The fourth-order valence-corrected chi connectivity index (χ4v) is 2.55. The molecule has 140 valence electrons. The summed E-state index contributed by atoms with van der Waals surface area (Å²) < 4.78 is 42.8. The summed E-state index contributed by atoms with van der Waals surface area (Å²) in [6.07, 6.45) is -3.62. The Bertz CT molecular complexity index is 572. The van der Waals surface area contributed by atoms with Crippen molar-refractivity contribution in [1.82, 2.24) is 10.6 Å². The van der Waals surface area contributed by atoms with Gasteiger partial charge in [0.2, 0.25) is 0 Å². The number of ether oxygens (including phenoxy) is 1. The Balaban J connectivity index is 1.85. The fraction of sp³-hybridized carbons (Fsp3) is 0.562. The van der Waals surface area contributed by atoms with E-state index >= 15 is 0 Å².